The highest BCUT2D eigenvalue weighted by molar-refractivity contribution is 9.10. The zero-order valence-corrected chi connectivity index (χ0v) is 12.7. The van der Waals surface area contributed by atoms with Crippen LogP contribution in [0.3, 0.4) is 0 Å². The molecule has 4 nitrogen and oxygen atoms in total. The summed E-state index contributed by atoms with van der Waals surface area (Å²) in [6, 6.07) is 16.2. The van der Waals surface area contributed by atoms with Crippen molar-refractivity contribution in [3.05, 3.63) is 64.3 Å². The molecule has 0 radical (unpaired) electrons. The van der Waals surface area contributed by atoms with Gasteiger partial charge in [-0.2, -0.15) is 0 Å². The first kappa shape index (κ1) is 12.7. The maximum atomic E-state index is 5.79. The van der Waals surface area contributed by atoms with Gasteiger partial charge in [0.1, 0.15) is 5.69 Å². The van der Waals surface area contributed by atoms with Gasteiger partial charge in [0.15, 0.2) is 0 Å². The maximum absolute atomic E-state index is 5.79. The smallest absolute Gasteiger partial charge is 0.120 e. The number of fused-ring (bicyclic) bond motifs is 3. The van der Waals surface area contributed by atoms with Gasteiger partial charge in [-0.25, -0.2) is 4.68 Å². The van der Waals surface area contributed by atoms with Crippen molar-refractivity contribution in [3.63, 3.8) is 0 Å². The Hall–Kier alpha value is -1.98. The average Bonchev–Trinajstić information content (AvgIpc) is 2.83. The van der Waals surface area contributed by atoms with Gasteiger partial charge in [-0.15, -0.1) is 5.10 Å². The van der Waals surface area contributed by atoms with E-state index in [-0.39, 0.29) is 0 Å². The Morgan fingerprint density at radius 3 is 2.71 bits per heavy atom. The van der Waals surface area contributed by atoms with Crippen LogP contribution >= 0.6 is 15.9 Å². The van der Waals surface area contributed by atoms with Crippen molar-refractivity contribution in [2.75, 3.05) is 0 Å². The summed E-state index contributed by atoms with van der Waals surface area (Å²) >= 11 is 3.58. The molecular formula is C16H12BrN3O. The van der Waals surface area contributed by atoms with E-state index in [2.05, 4.69) is 32.3 Å². The van der Waals surface area contributed by atoms with E-state index in [1.54, 1.807) is 0 Å². The Balaban J connectivity index is 1.93. The molecule has 104 valence electrons. The second-order valence-electron chi connectivity index (χ2n) is 4.90. The number of hydrogen-bond acceptors (Lipinski definition) is 3. The van der Waals surface area contributed by atoms with E-state index in [4.69, 9.17) is 4.74 Å². The van der Waals surface area contributed by atoms with Crippen molar-refractivity contribution in [2.45, 2.75) is 13.2 Å². The first-order valence-electron chi connectivity index (χ1n) is 6.70. The molecule has 1 aliphatic heterocycles. The highest BCUT2D eigenvalue weighted by Crippen LogP contribution is 2.32. The Bertz CT molecular complexity index is 813. The van der Waals surface area contributed by atoms with Gasteiger partial charge in [0, 0.05) is 15.6 Å². The van der Waals surface area contributed by atoms with Crippen LogP contribution in [0.4, 0.5) is 0 Å². The minimum atomic E-state index is 0.498. The summed E-state index contributed by atoms with van der Waals surface area (Å²) in [5.74, 6) is 0. The van der Waals surface area contributed by atoms with Gasteiger partial charge in [-0.3, -0.25) is 0 Å². The Labute approximate surface area is 130 Å². The molecule has 0 atom stereocenters. The van der Waals surface area contributed by atoms with Gasteiger partial charge in [0.05, 0.1) is 24.6 Å². The molecule has 2 heterocycles. The molecule has 5 heteroatoms. The quantitative estimate of drug-likeness (QED) is 0.677. The molecule has 0 spiro atoms. The van der Waals surface area contributed by atoms with Crippen LogP contribution in [0.5, 0.6) is 0 Å². The molecule has 1 aromatic heterocycles. The van der Waals surface area contributed by atoms with Crippen LogP contribution in [0, 0.1) is 0 Å². The number of ether oxygens (including phenoxy) is 1. The molecule has 0 saturated heterocycles. The number of aromatic nitrogens is 3. The lowest BCUT2D eigenvalue weighted by molar-refractivity contribution is 0.108. The standard InChI is InChI=1S/C16H12BrN3O/c17-13-7-3-2-6-12(13)16-15-10-21-9-11-5-1-4-8-14(11)20(15)19-18-16/h1-8H,9-10H2. The Morgan fingerprint density at radius 2 is 1.81 bits per heavy atom. The van der Waals surface area contributed by atoms with E-state index in [1.165, 1.54) is 0 Å². The van der Waals surface area contributed by atoms with Crippen LogP contribution in [0.25, 0.3) is 16.9 Å². The summed E-state index contributed by atoms with van der Waals surface area (Å²) in [5, 5.41) is 8.71. The molecular weight excluding hydrogens is 330 g/mol. The van der Waals surface area contributed by atoms with Crippen LogP contribution in [0.2, 0.25) is 0 Å². The van der Waals surface area contributed by atoms with E-state index in [9.17, 15) is 0 Å². The van der Waals surface area contributed by atoms with Gasteiger partial charge < -0.3 is 4.74 Å². The Morgan fingerprint density at radius 1 is 1.00 bits per heavy atom. The zero-order chi connectivity index (χ0) is 14.2. The lowest BCUT2D eigenvalue weighted by Gasteiger charge is -2.06. The monoisotopic (exact) mass is 341 g/mol. The second kappa shape index (κ2) is 5.09. The van der Waals surface area contributed by atoms with E-state index in [0.717, 1.165) is 32.7 Å². The number of hydrogen-bond donors (Lipinski definition) is 0. The fourth-order valence-electron chi connectivity index (χ4n) is 2.58. The molecule has 0 saturated carbocycles. The van der Waals surface area contributed by atoms with Crippen LogP contribution in [0.1, 0.15) is 11.3 Å². The lowest BCUT2D eigenvalue weighted by atomic mass is 10.1. The minimum absolute atomic E-state index is 0.498. The highest BCUT2D eigenvalue weighted by atomic mass is 79.9. The second-order valence-corrected chi connectivity index (χ2v) is 5.75. The number of para-hydroxylation sites is 1. The lowest BCUT2D eigenvalue weighted by Crippen LogP contribution is -2.02. The van der Waals surface area contributed by atoms with Crippen molar-refractivity contribution >= 4 is 15.9 Å². The summed E-state index contributed by atoms with van der Waals surface area (Å²) in [7, 11) is 0. The molecule has 1 aliphatic rings. The summed E-state index contributed by atoms with van der Waals surface area (Å²) in [4.78, 5) is 0. The molecule has 2 aromatic carbocycles. The number of benzene rings is 2. The van der Waals surface area contributed by atoms with Gasteiger partial charge in [0.2, 0.25) is 0 Å². The third-order valence-corrected chi connectivity index (χ3v) is 4.30. The van der Waals surface area contributed by atoms with E-state index in [0.29, 0.717) is 13.2 Å². The topological polar surface area (TPSA) is 39.9 Å². The first-order valence-corrected chi connectivity index (χ1v) is 7.49. The summed E-state index contributed by atoms with van der Waals surface area (Å²) in [5.41, 5.74) is 5.03. The fraction of sp³-hybridized carbons (Fsp3) is 0.125. The van der Waals surface area contributed by atoms with Crippen LogP contribution in [-0.4, -0.2) is 15.0 Å². The van der Waals surface area contributed by atoms with Gasteiger partial charge in [0.25, 0.3) is 0 Å². The van der Waals surface area contributed by atoms with Crippen molar-refractivity contribution in [1.82, 2.24) is 15.0 Å². The van der Waals surface area contributed by atoms with E-state index >= 15 is 0 Å². The molecule has 0 aliphatic carbocycles. The first-order chi connectivity index (χ1) is 10.3. The number of nitrogens with zero attached hydrogens (tertiary/aromatic N) is 3. The van der Waals surface area contributed by atoms with Crippen molar-refractivity contribution in [3.8, 4) is 16.9 Å². The molecule has 0 N–H and O–H groups in total. The normalized spacial score (nSPS) is 13.4. The highest BCUT2D eigenvalue weighted by Gasteiger charge is 2.21. The zero-order valence-electron chi connectivity index (χ0n) is 11.2. The molecule has 3 aromatic rings. The van der Waals surface area contributed by atoms with Crippen LogP contribution in [-0.2, 0) is 18.0 Å². The maximum Gasteiger partial charge on any atom is 0.120 e. The van der Waals surface area contributed by atoms with Gasteiger partial charge in [-0.1, -0.05) is 57.5 Å². The number of rotatable bonds is 1. The van der Waals surface area contributed by atoms with Crippen molar-refractivity contribution < 1.29 is 4.74 Å². The molecule has 0 unspecified atom stereocenters. The largest absolute Gasteiger partial charge is 0.370 e. The summed E-state index contributed by atoms with van der Waals surface area (Å²) in [6.07, 6.45) is 0. The van der Waals surface area contributed by atoms with E-state index in [1.807, 2.05) is 47.1 Å². The van der Waals surface area contributed by atoms with E-state index < -0.39 is 0 Å². The molecule has 0 bridgehead atoms. The summed E-state index contributed by atoms with van der Waals surface area (Å²) in [6.45, 7) is 1.09. The summed E-state index contributed by atoms with van der Waals surface area (Å²) < 4.78 is 8.68. The molecule has 0 amide bonds. The predicted molar refractivity (Wildman–Crippen MR) is 83.0 cm³/mol. The average molecular weight is 342 g/mol. The van der Waals surface area contributed by atoms with Crippen LogP contribution in [0.15, 0.2) is 53.0 Å². The molecule has 0 fully saturated rings. The minimum Gasteiger partial charge on any atom is -0.370 e. The van der Waals surface area contributed by atoms with Gasteiger partial charge in [-0.05, 0) is 12.1 Å². The Kier molecular flexibility index (Phi) is 3.09. The van der Waals surface area contributed by atoms with Crippen LogP contribution < -0.4 is 0 Å². The third-order valence-electron chi connectivity index (χ3n) is 3.61. The molecule has 21 heavy (non-hydrogen) atoms. The fourth-order valence-corrected chi connectivity index (χ4v) is 3.06. The van der Waals surface area contributed by atoms with Crippen molar-refractivity contribution in [1.29, 1.82) is 0 Å². The van der Waals surface area contributed by atoms with Crippen molar-refractivity contribution in [2.24, 2.45) is 0 Å². The third kappa shape index (κ3) is 2.09. The van der Waals surface area contributed by atoms with Gasteiger partial charge >= 0.3 is 0 Å². The molecule has 4 rings (SSSR count). The SMILES string of the molecule is Brc1ccccc1-c1nnn2c1COCc1ccccc1-2. The predicted octanol–water partition coefficient (Wildman–Crippen LogP) is 3.73. The number of halogens is 1.